The molecule has 0 fully saturated rings. The van der Waals surface area contributed by atoms with Crippen LogP contribution in [0.5, 0.6) is 17.2 Å². The van der Waals surface area contributed by atoms with Crippen LogP contribution in [0, 0.1) is 0 Å². The van der Waals surface area contributed by atoms with Crippen LogP contribution in [-0.2, 0) is 6.54 Å². The average Bonchev–Trinajstić information content (AvgIpc) is 2.54. The number of rotatable bonds is 5. The number of para-hydroxylation sites is 1. The number of aromatic hydroxyl groups is 1. The molecule has 0 aliphatic heterocycles. The number of hydrogen-bond donors (Lipinski definition) is 3. The van der Waals surface area contributed by atoms with Crippen LogP contribution in [-0.4, -0.2) is 25.3 Å². The number of phenols is 1. The van der Waals surface area contributed by atoms with Gasteiger partial charge in [0.2, 0.25) is 0 Å². The van der Waals surface area contributed by atoms with Crippen molar-refractivity contribution >= 4 is 11.6 Å². The second-order valence-corrected chi connectivity index (χ2v) is 4.53. The molecule has 0 aliphatic rings. The highest BCUT2D eigenvalue weighted by Crippen LogP contribution is 2.29. The number of ether oxygens (including phenoxy) is 2. The molecule has 0 spiro atoms. The van der Waals surface area contributed by atoms with Crippen LogP contribution >= 0.6 is 0 Å². The van der Waals surface area contributed by atoms with E-state index in [-0.39, 0.29) is 18.3 Å². The van der Waals surface area contributed by atoms with Gasteiger partial charge in [-0.25, -0.2) is 4.99 Å². The van der Waals surface area contributed by atoms with Crippen LogP contribution in [0.3, 0.4) is 0 Å². The number of nitrogens with one attached hydrogen (secondary N) is 1. The smallest absolute Gasteiger partial charge is 0.193 e. The van der Waals surface area contributed by atoms with E-state index in [1.807, 2.05) is 24.3 Å². The normalized spacial score (nSPS) is 11.1. The molecule has 0 saturated carbocycles. The number of aliphatic imine (C=N–C) groups is 1. The van der Waals surface area contributed by atoms with Crippen molar-refractivity contribution in [2.24, 2.45) is 10.7 Å². The van der Waals surface area contributed by atoms with E-state index in [0.29, 0.717) is 11.3 Å². The maximum atomic E-state index is 9.99. The lowest BCUT2D eigenvalue weighted by Gasteiger charge is -2.09. The van der Waals surface area contributed by atoms with Gasteiger partial charge in [0.05, 0.1) is 20.8 Å². The van der Waals surface area contributed by atoms with E-state index in [9.17, 15) is 5.11 Å². The summed E-state index contributed by atoms with van der Waals surface area (Å²) in [6.45, 7) is 0.242. The first-order valence-corrected chi connectivity index (χ1v) is 6.70. The molecule has 0 radical (unpaired) electrons. The van der Waals surface area contributed by atoms with Gasteiger partial charge in [0.15, 0.2) is 17.5 Å². The number of phenolic OH excluding ortho intramolecular Hbond substituents is 1. The molecule has 0 aromatic heterocycles. The average molecular weight is 301 g/mol. The van der Waals surface area contributed by atoms with Gasteiger partial charge >= 0.3 is 0 Å². The van der Waals surface area contributed by atoms with Crippen molar-refractivity contribution in [2.45, 2.75) is 6.54 Å². The third-order valence-corrected chi connectivity index (χ3v) is 3.06. The molecule has 116 valence electrons. The third kappa shape index (κ3) is 3.82. The van der Waals surface area contributed by atoms with Crippen molar-refractivity contribution in [1.29, 1.82) is 0 Å². The summed E-state index contributed by atoms with van der Waals surface area (Å²) in [6.07, 6.45) is 0. The minimum absolute atomic E-state index is 0.0722. The van der Waals surface area contributed by atoms with Crippen LogP contribution in [0.1, 0.15) is 5.56 Å². The molecule has 0 saturated heterocycles. The van der Waals surface area contributed by atoms with Gasteiger partial charge in [-0.1, -0.05) is 18.2 Å². The molecule has 0 amide bonds. The van der Waals surface area contributed by atoms with E-state index in [2.05, 4.69) is 10.3 Å². The van der Waals surface area contributed by atoms with Crippen molar-refractivity contribution in [2.75, 3.05) is 19.5 Å². The maximum Gasteiger partial charge on any atom is 0.193 e. The Labute approximate surface area is 129 Å². The van der Waals surface area contributed by atoms with E-state index in [0.717, 1.165) is 11.4 Å². The first-order chi connectivity index (χ1) is 10.6. The summed E-state index contributed by atoms with van der Waals surface area (Å²) in [5, 5.41) is 13.0. The summed E-state index contributed by atoms with van der Waals surface area (Å²) < 4.78 is 10.2. The monoisotopic (exact) mass is 301 g/mol. The molecule has 0 unspecified atom stereocenters. The van der Waals surface area contributed by atoms with Gasteiger partial charge < -0.3 is 25.6 Å². The summed E-state index contributed by atoms with van der Waals surface area (Å²) in [6, 6.07) is 12.6. The van der Waals surface area contributed by atoms with Gasteiger partial charge in [-0.15, -0.1) is 0 Å². The van der Waals surface area contributed by atoms with Crippen LogP contribution in [0.15, 0.2) is 47.5 Å². The Hall–Kier alpha value is -2.89. The van der Waals surface area contributed by atoms with Crippen molar-refractivity contribution in [3.05, 3.63) is 48.0 Å². The summed E-state index contributed by atoms with van der Waals surface area (Å²) in [7, 11) is 3.10. The zero-order valence-corrected chi connectivity index (χ0v) is 12.5. The van der Waals surface area contributed by atoms with E-state index in [1.165, 1.54) is 7.11 Å². The molecule has 0 atom stereocenters. The number of benzene rings is 2. The quantitative estimate of drug-likeness (QED) is 0.582. The topological polar surface area (TPSA) is 89.1 Å². The number of anilines is 1. The van der Waals surface area contributed by atoms with Crippen molar-refractivity contribution < 1.29 is 14.6 Å². The molecule has 0 bridgehead atoms. The molecule has 2 aromatic rings. The zero-order chi connectivity index (χ0) is 15.9. The van der Waals surface area contributed by atoms with Crippen molar-refractivity contribution in [3.8, 4) is 17.2 Å². The second kappa shape index (κ2) is 7.21. The van der Waals surface area contributed by atoms with Gasteiger partial charge in [-0.3, -0.25) is 0 Å². The Morgan fingerprint density at radius 1 is 1.18 bits per heavy atom. The molecule has 6 heteroatoms. The first kappa shape index (κ1) is 15.5. The molecule has 0 heterocycles. The molecule has 0 aliphatic carbocycles. The minimum Gasteiger partial charge on any atom is -0.504 e. The van der Waals surface area contributed by atoms with Crippen molar-refractivity contribution in [1.82, 2.24) is 0 Å². The number of methoxy groups -OCH3 is 2. The summed E-state index contributed by atoms with van der Waals surface area (Å²) in [5.74, 6) is 1.45. The third-order valence-electron chi connectivity index (χ3n) is 3.06. The first-order valence-electron chi connectivity index (χ1n) is 6.70. The lowest BCUT2D eigenvalue weighted by molar-refractivity contribution is 0.370. The molecular weight excluding hydrogens is 282 g/mol. The second-order valence-electron chi connectivity index (χ2n) is 4.53. The van der Waals surface area contributed by atoms with E-state index in [1.54, 1.807) is 25.3 Å². The number of nitrogens with zero attached hydrogens (tertiary/aromatic N) is 1. The number of nitrogens with two attached hydrogens (primary N) is 1. The standard InChI is InChI=1S/C16H19N3O3/c1-21-13-7-4-6-12(9-13)19-16(17)18-10-11-5-3-8-14(22-2)15(11)20/h3-9,20H,10H2,1-2H3,(H3,17,18,19). The van der Waals surface area contributed by atoms with Gasteiger partial charge in [0.25, 0.3) is 0 Å². The van der Waals surface area contributed by atoms with Crippen LogP contribution in [0.25, 0.3) is 0 Å². The van der Waals surface area contributed by atoms with Crippen LogP contribution in [0.4, 0.5) is 5.69 Å². The Morgan fingerprint density at radius 3 is 2.68 bits per heavy atom. The molecule has 2 aromatic carbocycles. The van der Waals surface area contributed by atoms with E-state index < -0.39 is 0 Å². The molecule has 6 nitrogen and oxygen atoms in total. The maximum absolute atomic E-state index is 9.99. The Bertz CT molecular complexity index is 671. The number of hydrogen-bond acceptors (Lipinski definition) is 4. The Balaban J connectivity index is 2.06. The van der Waals surface area contributed by atoms with Crippen LogP contribution in [0.2, 0.25) is 0 Å². The lowest BCUT2D eigenvalue weighted by atomic mass is 10.2. The van der Waals surface area contributed by atoms with Gasteiger partial charge in [-0.05, 0) is 18.2 Å². The summed E-state index contributed by atoms with van der Waals surface area (Å²) in [4.78, 5) is 4.21. The SMILES string of the molecule is COc1cccc(NC(N)=NCc2cccc(OC)c2O)c1. The molecular formula is C16H19N3O3. The zero-order valence-electron chi connectivity index (χ0n) is 12.5. The van der Waals surface area contributed by atoms with Gasteiger partial charge in [0, 0.05) is 17.3 Å². The minimum atomic E-state index is 0.0722. The van der Waals surface area contributed by atoms with Gasteiger partial charge in [0.1, 0.15) is 5.75 Å². The fourth-order valence-corrected chi connectivity index (χ4v) is 1.92. The predicted octanol–water partition coefficient (Wildman–Crippen LogP) is 2.34. The highest BCUT2D eigenvalue weighted by atomic mass is 16.5. The Morgan fingerprint density at radius 2 is 1.95 bits per heavy atom. The van der Waals surface area contributed by atoms with Gasteiger partial charge in [-0.2, -0.15) is 0 Å². The van der Waals surface area contributed by atoms with E-state index >= 15 is 0 Å². The predicted molar refractivity (Wildman–Crippen MR) is 86.6 cm³/mol. The Kier molecular flexibility index (Phi) is 5.08. The summed E-state index contributed by atoms with van der Waals surface area (Å²) >= 11 is 0. The summed E-state index contributed by atoms with van der Waals surface area (Å²) in [5.41, 5.74) is 7.26. The molecule has 22 heavy (non-hydrogen) atoms. The van der Waals surface area contributed by atoms with Crippen molar-refractivity contribution in [3.63, 3.8) is 0 Å². The number of guanidine groups is 1. The van der Waals surface area contributed by atoms with Crippen LogP contribution < -0.4 is 20.5 Å². The van der Waals surface area contributed by atoms with E-state index in [4.69, 9.17) is 15.2 Å². The fraction of sp³-hybridized carbons (Fsp3) is 0.188. The fourth-order valence-electron chi connectivity index (χ4n) is 1.92. The highest BCUT2D eigenvalue weighted by Gasteiger charge is 2.06. The largest absolute Gasteiger partial charge is 0.504 e. The molecule has 2 rings (SSSR count). The molecule has 4 N–H and O–H groups in total. The lowest BCUT2D eigenvalue weighted by Crippen LogP contribution is -2.22. The highest BCUT2D eigenvalue weighted by molar-refractivity contribution is 5.92.